The predicted molar refractivity (Wildman–Crippen MR) is 73.9 cm³/mol. The van der Waals surface area contributed by atoms with E-state index in [4.69, 9.17) is 4.52 Å². The fourth-order valence-corrected chi connectivity index (χ4v) is 2.66. The van der Waals surface area contributed by atoms with Crippen LogP contribution in [0, 0.1) is 12.7 Å². The second-order valence-corrected chi connectivity index (χ2v) is 5.50. The van der Waals surface area contributed by atoms with Crippen molar-refractivity contribution in [2.75, 3.05) is 6.54 Å². The average molecular weight is 275 g/mol. The molecule has 1 aromatic carbocycles. The van der Waals surface area contributed by atoms with Crippen LogP contribution in [0.25, 0.3) is 11.4 Å². The number of benzene rings is 1. The predicted octanol–water partition coefficient (Wildman–Crippen LogP) is 3.04. The summed E-state index contributed by atoms with van der Waals surface area (Å²) < 4.78 is 18.7. The van der Waals surface area contributed by atoms with Gasteiger partial charge in [-0.25, -0.2) is 4.39 Å². The fourth-order valence-electron chi connectivity index (χ4n) is 2.66. The van der Waals surface area contributed by atoms with Crippen molar-refractivity contribution in [3.63, 3.8) is 0 Å². The maximum Gasteiger partial charge on any atom is 0.230 e. The molecule has 0 bridgehead atoms. The number of aryl methyl sites for hydroxylation is 1. The highest BCUT2D eigenvalue weighted by Gasteiger charge is 2.25. The monoisotopic (exact) mass is 275 g/mol. The van der Waals surface area contributed by atoms with E-state index in [2.05, 4.69) is 22.4 Å². The van der Waals surface area contributed by atoms with Gasteiger partial charge in [-0.05, 0) is 57.0 Å². The maximum atomic E-state index is 13.3. The SMILES string of the molecule is Cc1cc(-c2noc(C3CCNC(C)C3)n2)ccc1F. The molecule has 106 valence electrons. The number of hydrogen-bond acceptors (Lipinski definition) is 4. The van der Waals surface area contributed by atoms with Crippen molar-refractivity contribution in [1.82, 2.24) is 15.5 Å². The Morgan fingerprint density at radius 3 is 3.00 bits per heavy atom. The molecule has 2 aromatic rings. The third-order valence-corrected chi connectivity index (χ3v) is 3.83. The lowest BCUT2D eigenvalue weighted by molar-refractivity contribution is 0.295. The van der Waals surface area contributed by atoms with Gasteiger partial charge in [0.15, 0.2) is 0 Å². The van der Waals surface area contributed by atoms with Gasteiger partial charge in [-0.15, -0.1) is 0 Å². The van der Waals surface area contributed by atoms with Crippen molar-refractivity contribution in [2.45, 2.75) is 38.6 Å². The summed E-state index contributed by atoms with van der Waals surface area (Å²) in [6, 6.07) is 5.34. The van der Waals surface area contributed by atoms with Crippen LogP contribution >= 0.6 is 0 Å². The highest BCUT2D eigenvalue weighted by atomic mass is 19.1. The van der Waals surface area contributed by atoms with Gasteiger partial charge in [-0.2, -0.15) is 4.98 Å². The molecule has 0 spiro atoms. The minimum atomic E-state index is -0.218. The summed E-state index contributed by atoms with van der Waals surface area (Å²) in [7, 11) is 0. The zero-order valence-corrected chi connectivity index (χ0v) is 11.7. The molecular weight excluding hydrogens is 257 g/mol. The van der Waals surface area contributed by atoms with Gasteiger partial charge in [0.05, 0.1) is 0 Å². The van der Waals surface area contributed by atoms with E-state index in [9.17, 15) is 4.39 Å². The van der Waals surface area contributed by atoms with Crippen LogP contribution < -0.4 is 5.32 Å². The molecule has 1 N–H and O–H groups in total. The highest BCUT2D eigenvalue weighted by Crippen LogP contribution is 2.28. The highest BCUT2D eigenvalue weighted by molar-refractivity contribution is 5.55. The standard InChI is InChI=1S/C15H18FN3O/c1-9-7-11(3-4-13(9)16)14-18-15(20-19-14)12-5-6-17-10(2)8-12/h3-4,7,10,12,17H,5-6,8H2,1-2H3. The molecule has 20 heavy (non-hydrogen) atoms. The summed E-state index contributed by atoms with van der Waals surface area (Å²) in [5.74, 6) is 1.32. The molecule has 2 atom stereocenters. The second-order valence-electron chi connectivity index (χ2n) is 5.50. The van der Waals surface area contributed by atoms with Gasteiger partial charge < -0.3 is 9.84 Å². The van der Waals surface area contributed by atoms with Crippen molar-refractivity contribution >= 4 is 0 Å². The van der Waals surface area contributed by atoms with Crippen molar-refractivity contribution in [1.29, 1.82) is 0 Å². The lowest BCUT2D eigenvalue weighted by atomic mass is 9.93. The number of aromatic nitrogens is 2. The molecule has 1 aromatic heterocycles. The lowest BCUT2D eigenvalue weighted by Crippen LogP contribution is -2.34. The number of nitrogens with one attached hydrogen (secondary N) is 1. The Labute approximate surface area is 117 Å². The zero-order valence-electron chi connectivity index (χ0n) is 11.7. The van der Waals surface area contributed by atoms with E-state index in [1.807, 2.05) is 0 Å². The second kappa shape index (κ2) is 5.32. The number of hydrogen-bond donors (Lipinski definition) is 1. The van der Waals surface area contributed by atoms with E-state index in [-0.39, 0.29) is 5.82 Å². The van der Waals surface area contributed by atoms with Crippen molar-refractivity contribution in [3.05, 3.63) is 35.5 Å². The topological polar surface area (TPSA) is 51.0 Å². The molecule has 5 heteroatoms. The zero-order chi connectivity index (χ0) is 14.1. The number of nitrogens with zero attached hydrogens (tertiary/aromatic N) is 2. The molecule has 1 aliphatic rings. The molecular formula is C15H18FN3O. The Kier molecular flexibility index (Phi) is 3.53. The minimum Gasteiger partial charge on any atom is -0.339 e. The fraction of sp³-hybridized carbons (Fsp3) is 0.467. The Morgan fingerprint density at radius 2 is 2.25 bits per heavy atom. The molecule has 0 saturated carbocycles. The first-order valence-corrected chi connectivity index (χ1v) is 6.97. The first-order valence-electron chi connectivity index (χ1n) is 6.97. The van der Waals surface area contributed by atoms with Crippen LogP contribution in [0.1, 0.15) is 37.1 Å². The van der Waals surface area contributed by atoms with Gasteiger partial charge >= 0.3 is 0 Å². The molecule has 1 fully saturated rings. The Bertz CT molecular complexity index is 611. The number of piperidine rings is 1. The van der Waals surface area contributed by atoms with Crippen LogP contribution in [0.3, 0.4) is 0 Å². The van der Waals surface area contributed by atoms with E-state index in [1.165, 1.54) is 6.07 Å². The van der Waals surface area contributed by atoms with Crippen LogP contribution in [0.2, 0.25) is 0 Å². The van der Waals surface area contributed by atoms with Gasteiger partial charge in [0.2, 0.25) is 11.7 Å². The first-order chi connectivity index (χ1) is 9.63. The quantitative estimate of drug-likeness (QED) is 0.915. The van der Waals surface area contributed by atoms with Crippen LogP contribution in [0.15, 0.2) is 22.7 Å². The van der Waals surface area contributed by atoms with Gasteiger partial charge in [-0.1, -0.05) is 5.16 Å². The Morgan fingerprint density at radius 1 is 1.40 bits per heavy atom. The molecule has 2 heterocycles. The van der Waals surface area contributed by atoms with Crippen LogP contribution in [0.5, 0.6) is 0 Å². The van der Waals surface area contributed by atoms with Gasteiger partial charge in [0.1, 0.15) is 5.82 Å². The summed E-state index contributed by atoms with van der Waals surface area (Å²) >= 11 is 0. The summed E-state index contributed by atoms with van der Waals surface area (Å²) in [6.07, 6.45) is 2.01. The molecule has 2 unspecified atom stereocenters. The van der Waals surface area contributed by atoms with Crippen LogP contribution in [0.4, 0.5) is 4.39 Å². The lowest BCUT2D eigenvalue weighted by Gasteiger charge is -2.25. The van der Waals surface area contributed by atoms with Crippen molar-refractivity contribution in [3.8, 4) is 11.4 Å². The minimum absolute atomic E-state index is 0.218. The average Bonchev–Trinajstić information content (AvgIpc) is 2.92. The molecule has 1 aliphatic heterocycles. The summed E-state index contributed by atoms with van der Waals surface area (Å²) in [4.78, 5) is 4.48. The molecule has 0 aliphatic carbocycles. The van der Waals surface area contributed by atoms with Gasteiger partial charge in [-0.3, -0.25) is 0 Å². The summed E-state index contributed by atoms with van der Waals surface area (Å²) in [5.41, 5.74) is 1.38. The van der Waals surface area contributed by atoms with E-state index in [0.717, 1.165) is 24.9 Å². The van der Waals surface area contributed by atoms with Crippen LogP contribution in [-0.2, 0) is 0 Å². The van der Waals surface area contributed by atoms with Crippen molar-refractivity contribution in [2.24, 2.45) is 0 Å². The normalized spacial score (nSPS) is 22.9. The van der Waals surface area contributed by atoms with E-state index in [1.54, 1.807) is 19.1 Å². The first kappa shape index (κ1) is 13.2. The molecule has 1 saturated heterocycles. The maximum absolute atomic E-state index is 13.3. The Balaban J connectivity index is 1.84. The van der Waals surface area contributed by atoms with Crippen molar-refractivity contribution < 1.29 is 8.91 Å². The van der Waals surface area contributed by atoms with E-state index in [0.29, 0.717) is 29.2 Å². The van der Waals surface area contributed by atoms with E-state index < -0.39 is 0 Å². The third-order valence-electron chi connectivity index (χ3n) is 3.83. The van der Waals surface area contributed by atoms with E-state index >= 15 is 0 Å². The Hall–Kier alpha value is -1.75. The smallest absolute Gasteiger partial charge is 0.230 e. The van der Waals surface area contributed by atoms with Gasteiger partial charge in [0.25, 0.3) is 0 Å². The number of rotatable bonds is 2. The molecule has 0 amide bonds. The van der Waals surface area contributed by atoms with Crippen LogP contribution in [-0.4, -0.2) is 22.7 Å². The molecule has 0 radical (unpaired) electrons. The summed E-state index contributed by atoms with van der Waals surface area (Å²) in [6.45, 7) is 4.86. The summed E-state index contributed by atoms with van der Waals surface area (Å²) in [5, 5.41) is 7.43. The van der Waals surface area contributed by atoms with Gasteiger partial charge in [0, 0.05) is 17.5 Å². The molecule has 4 nitrogen and oxygen atoms in total. The third kappa shape index (κ3) is 2.58. The largest absolute Gasteiger partial charge is 0.339 e. The number of halogens is 1. The molecule has 3 rings (SSSR count).